The normalized spacial score (nSPS) is 10.5. The second-order valence-electron chi connectivity index (χ2n) is 5.91. The van der Waals surface area contributed by atoms with Crippen LogP contribution in [0.15, 0.2) is 48.5 Å². The number of ketones is 2. The van der Waals surface area contributed by atoms with E-state index in [1.165, 1.54) is 0 Å². The molecule has 0 saturated carbocycles. The van der Waals surface area contributed by atoms with Crippen LogP contribution in [0.2, 0.25) is 5.02 Å². The molecule has 0 spiro atoms. The fourth-order valence-electron chi connectivity index (χ4n) is 2.47. The van der Waals surface area contributed by atoms with Crippen LogP contribution in [0.5, 0.6) is 5.75 Å². The van der Waals surface area contributed by atoms with Crippen LogP contribution in [0.1, 0.15) is 59.7 Å². The topological polar surface area (TPSA) is 43.4 Å². The number of unbranched alkanes of at least 4 members (excludes halogenated alkanes) is 2. The van der Waals surface area contributed by atoms with E-state index in [1.807, 2.05) is 0 Å². The Kier molecular flexibility index (Phi) is 7.68. The lowest BCUT2D eigenvalue weighted by Crippen LogP contribution is -2.06. The van der Waals surface area contributed by atoms with Crippen molar-refractivity contribution in [1.29, 1.82) is 0 Å². The van der Waals surface area contributed by atoms with E-state index < -0.39 is 0 Å². The van der Waals surface area contributed by atoms with Crippen LogP contribution in [0.25, 0.3) is 0 Å². The Bertz CT molecular complexity index is 707. The Morgan fingerprint density at radius 1 is 0.920 bits per heavy atom. The lowest BCUT2D eigenvalue weighted by molar-refractivity contribution is 0.0917. The molecule has 0 aliphatic heterocycles. The largest absolute Gasteiger partial charge is 0.494 e. The number of carbonyl (C=O) groups is 2. The molecule has 3 nitrogen and oxygen atoms in total. The van der Waals surface area contributed by atoms with E-state index in [2.05, 4.69) is 6.92 Å². The molecule has 4 heteroatoms. The van der Waals surface area contributed by atoms with Crippen LogP contribution in [-0.4, -0.2) is 18.2 Å². The second kappa shape index (κ2) is 10.00. The summed E-state index contributed by atoms with van der Waals surface area (Å²) in [4.78, 5) is 24.4. The minimum atomic E-state index is -0.116. The molecule has 0 unspecified atom stereocenters. The van der Waals surface area contributed by atoms with Gasteiger partial charge in [-0.25, -0.2) is 0 Å². The van der Waals surface area contributed by atoms with Crippen molar-refractivity contribution in [2.24, 2.45) is 0 Å². The number of carbonyl (C=O) groups excluding carboxylic acids is 2. The Morgan fingerprint density at radius 3 is 2.28 bits per heavy atom. The van der Waals surface area contributed by atoms with Gasteiger partial charge in [0, 0.05) is 24.0 Å². The number of Topliss-reactive ketones (excluding diaryl/α,β-unsaturated/α-hetero) is 2. The molecule has 0 atom stereocenters. The number of hydrogen-bond donors (Lipinski definition) is 0. The molecule has 2 aromatic carbocycles. The lowest BCUT2D eigenvalue weighted by Gasteiger charge is -2.07. The maximum absolute atomic E-state index is 12.2. The molecule has 0 fully saturated rings. The van der Waals surface area contributed by atoms with Crippen molar-refractivity contribution in [1.82, 2.24) is 0 Å². The van der Waals surface area contributed by atoms with Crippen molar-refractivity contribution in [3.05, 3.63) is 64.7 Å². The molecule has 0 radical (unpaired) electrons. The Morgan fingerprint density at radius 2 is 1.60 bits per heavy atom. The van der Waals surface area contributed by atoms with Crippen LogP contribution in [0.4, 0.5) is 0 Å². The number of halogens is 1. The van der Waals surface area contributed by atoms with Crippen molar-refractivity contribution >= 4 is 23.2 Å². The molecule has 132 valence electrons. The minimum absolute atomic E-state index is 0.0575. The molecule has 0 saturated heterocycles. The molecule has 2 aromatic rings. The predicted molar refractivity (Wildman–Crippen MR) is 101 cm³/mol. The van der Waals surface area contributed by atoms with E-state index in [9.17, 15) is 9.59 Å². The molecular weight excluding hydrogens is 336 g/mol. The van der Waals surface area contributed by atoms with Gasteiger partial charge in [0.15, 0.2) is 11.6 Å². The van der Waals surface area contributed by atoms with E-state index in [-0.39, 0.29) is 24.4 Å². The first-order chi connectivity index (χ1) is 12.1. The quantitative estimate of drug-likeness (QED) is 0.401. The highest BCUT2D eigenvalue weighted by atomic mass is 35.5. The fraction of sp³-hybridized carbons (Fsp3) is 0.333. The molecule has 0 amide bonds. The average Bonchev–Trinajstić information content (AvgIpc) is 2.64. The molecule has 25 heavy (non-hydrogen) atoms. The van der Waals surface area contributed by atoms with E-state index >= 15 is 0 Å². The molecule has 0 aromatic heterocycles. The molecule has 0 aliphatic carbocycles. The van der Waals surface area contributed by atoms with Gasteiger partial charge in [-0.1, -0.05) is 43.5 Å². The SMILES string of the molecule is CCCCCOc1ccc(C(=O)CCC(=O)c2ccccc2Cl)cc1. The third-order valence-corrected chi connectivity index (χ3v) is 4.28. The summed E-state index contributed by atoms with van der Waals surface area (Å²) in [6, 6.07) is 14.0. The fourth-order valence-corrected chi connectivity index (χ4v) is 2.71. The van der Waals surface area contributed by atoms with Crippen molar-refractivity contribution in [2.45, 2.75) is 39.0 Å². The van der Waals surface area contributed by atoms with Gasteiger partial charge in [-0.15, -0.1) is 0 Å². The predicted octanol–water partition coefficient (Wildman–Crippen LogP) is 5.75. The summed E-state index contributed by atoms with van der Waals surface area (Å²) in [6.45, 7) is 2.84. The number of rotatable bonds is 10. The zero-order valence-corrected chi connectivity index (χ0v) is 15.2. The Balaban J connectivity index is 1.84. The summed E-state index contributed by atoms with van der Waals surface area (Å²) in [5.41, 5.74) is 1.06. The lowest BCUT2D eigenvalue weighted by atomic mass is 10.0. The monoisotopic (exact) mass is 358 g/mol. The molecule has 0 aliphatic rings. The Hall–Kier alpha value is -2.13. The van der Waals surface area contributed by atoms with Gasteiger partial charge < -0.3 is 4.74 Å². The molecule has 2 rings (SSSR count). The van der Waals surface area contributed by atoms with E-state index in [0.717, 1.165) is 25.0 Å². The first kappa shape index (κ1) is 19.2. The summed E-state index contributed by atoms with van der Waals surface area (Å²) in [5, 5.41) is 0.421. The van der Waals surface area contributed by atoms with Gasteiger partial charge in [-0.3, -0.25) is 9.59 Å². The van der Waals surface area contributed by atoms with Crippen LogP contribution < -0.4 is 4.74 Å². The minimum Gasteiger partial charge on any atom is -0.494 e. The standard InChI is InChI=1S/C21H23ClO3/c1-2-3-6-15-25-17-11-9-16(10-12-17)20(23)13-14-21(24)18-7-4-5-8-19(18)22/h4-5,7-12H,2-3,6,13-15H2,1H3. The third-order valence-electron chi connectivity index (χ3n) is 3.95. The molecular formula is C21H23ClO3. The van der Waals surface area contributed by atoms with Crippen molar-refractivity contribution in [3.63, 3.8) is 0 Å². The maximum Gasteiger partial charge on any atom is 0.164 e. The van der Waals surface area contributed by atoms with Crippen LogP contribution in [-0.2, 0) is 0 Å². The summed E-state index contributed by atoms with van der Waals surface area (Å²) in [7, 11) is 0. The number of benzene rings is 2. The summed E-state index contributed by atoms with van der Waals surface area (Å²) < 4.78 is 5.63. The molecule has 0 bridgehead atoms. The van der Waals surface area contributed by atoms with E-state index in [0.29, 0.717) is 22.8 Å². The van der Waals surface area contributed by atoms with E-state index in [4.69, 9.17) is 16.3 Å². The van der Waals surface area contributed by atoms with Crippen LogP contribution in [0, 0.1) is 0 Å². The highest BCUT2D eigenvalue weighted by Gasteiger charge is 2.13. The highest BCUT2D eigenvalue weighted by molar-refractivity contribution is 6.34. The average molecular weight is 359 g/mol. The van der Waals surface area contributed by atoms with Gasteiger partial charge in [-0.05, 0) is 42.8 Å². The van der Waals surface area contributed by atoms with Gasteiger partial charge in [0.2, 0.25) is 0 Å². The highest BCUT2D eigenvalue weighted by Crippen LogP contribution is 2.19. The summed E-state index contributed by atoms with van der Waals surface area (Å²) in [5.74, 6) is 0.590. The third kappa shape index (κ3) is 6.02. The smallest absolute Gasteiger partial charge is 0.164 e. The zero-order valence-electron chi connectivity index (χ0n) is 14.5. The first-order valence-corrected chi connectivity index (χ1v) is 9.03. The van der Waals surface area contributed by atoms with Gasteiger partial charge >= 0.3 is 0 Å². The van der Waals surface area contributed by atoms with Crippen LogP contribution in [0.3, 0.4) is 0 Å². The zero-order chi connectivity index (χ0) is 18.1. The van der Waals surface area contributed by atoms with Crippen LogP contribution >= 0.6 is 11.6 Å². The van der Waals surface area contributed by atoms with E-state index in [1.54, 1.807) is 48.5 Å². The van der Waals surface area contributed by atoms with Gasteiger partial charge in [-0.2, -0.15) is 0 Å². The summed E-state index contributed by atoms with van der Waals surface area (Å²) >= 11 is 6.01. The van der Waals surface area contributed by atoms with Crippen molar-refractivity contribution < 1.29 is 14.3 Å². The molecule has 0 heterocycles. The van der Waals surface area contributed by atoms with Crippen molar-refractivity contribution in [3.8, 4) is 5.75 Å². The maximum atomic E-state index is 12.2. The molecule has 0 N–H and O–H groups in total. The summed E-state index contributed by atoms with van der Waals surface area (Å²) in [6.07, 6.45) is 3.65. The number of ether oxygens (including phenoxy) is 1. The van der Waals surface area contributed by atoms with Gasteiger partial charge in [0.25, 0.3) is 0 Å². The number of hydrogen-bond acceptors (Lipinski definition) is 3. The Labute approximate surface area is 154 Å². The van der Waals surface area contributed by atoms with Crippen molar-refractivity contribution in [2.75, 3.05) is 6.61 Å². The van der Waals surface area contributed by atoms with Gasteiger partial charge in [0.05, 0.1) is 11.6 Å². The first-order valence-electron chi connectivity index (χ1n) is 8.65. The second-order valence-corrected chi connectivity index (χ2v) is 6.31. The van der Waals surface area contributed by atoms with Gasteiger partial charge in [0.1, 0.15) is 5.75 Å².